The normalized spacial score (nSPS) is 40.0. The van der Waals surface area contributed by atoms with Crippen molar-refractivity contribution in [2.75, 3.05) is 13.1 Å². The van der Waals surface area contributed by atoms with Crippen LogP contribution in [0, 0.1) is 5.92 Å². The highest BCUT2D eigenvalue weighted by molar-refractivity contribution is 5.00. The van der Waals surface area contributed by atoms with Crippen molar-refractivity contribution in [1.82, 2.24) is 4.90 Å². The van der Waals surface area contributed by atoms with Crippen molar-refractivity contribution in [3.63, 3.8) is 0 Å². The van der Waals surface area contributed by atoms with Crippen LogP contribution in [0.3, 0.4) is 0 Å². The van der Waals surface area contributed by atoms with E-state index in [0.717, 1.165) is 19.5 Å². The van der Waals surface area contributed by atoms with Crippen molar-refractivity contribution in [2.24, 2.45) is 5.92 Å². The molecule has 0 radical (unpaired) electrons. The smallest absolute Gasteiger partial charge is 0.0670 e. The number of hydrogen-bond acceptors (Lipinski definition) is 2. The van der Waals surface area contributed by atoms with Crippen LogP contribution in [0.1, 0.15) is 32.6 Å². The summed E-state index contributed by atoms with van der Waals surface area (Å²) in [5.74, 6) is 0.647. The summed E-state index contributed by atoms with van der Waals surface area (Å²) in [7, 11) is 0. The molecule has 3 unspecified atom stereocenters. The van der Waals surface area contributed by atoms with E-state index in [9.17, 15) is 5.11 Å². The monoisotopic (exact) mass is 195 g/mol. The first-order valence-electron chi connectivity index (χ1n) is 5.84. The zero-order chi connectivity index (χ0) is 9.97. The number of β-amino-alcohol motifs (C(OH)–C–C–N with tert-alkyl or cyclic N) is 1. The second kappa shape index (κ2) is 4.45. The summed E-state index contributed by atoms with van der Waals surface area (Å²) in [6.45, 7) is 4.27. The predicted octanol–water partition coefficient (Wildman–Crippen LogP) is 1.80. The zero-order valence-electron chi connectivity index (χ0n) is 9.02. The number of aliphatic hydroxyl groups excluding tert-OH is 1. The highest BCUT2D eigenvalue weighted by atomic mass is 16.3. The first-order chi connectivity index (χ1) is 6.75. The van der Waals surface area contributed by atoms with Crippen molar-refractivity contribution >= 4 is 0 Å². The number of piperidine rings is 1. The van der Waals surface area contributed by atoms with Gasteiger partial charge in [0.15, 0.2) is 0 Å². The van der Waals surface area contributed by atoms with Gasteiger partial charge in [-0.2, -0.15) is 0 Å². The molecule has 2 aliphatic rings. The van der Waals surface area contributed by atoms with Crippen LogP contribution in [0.15, 0.2) is 12.2 Å². The molecule has 1 aliphatic carbocycles. The summed E-state index contributed by atoms with van der Waals surface area (Å²) in [6, 6.07) is 0.598. The summed E-state index contributed by atoms with van der Waals surface area (Å²) < 4.78 is 0. The van der Waals surface area contributed by atoms with Gasteiger partial charge in [0.05, 0.1) is 6.10 Å². The molecule has 1 aliphatic heterocycles. The summed E-state index contributed by atoms with van der Waals surface area (Å²) in [5, 5.41) is 9.71. The predicted molar refractivity (Wildman–Crippen MR) is 58.1 cm³/mol. The highest BCUT2D eigenvalue weighted by Crippen LogP contribution is 2.23. The van der Waals surface area contributed by atoms with E-state index in [2.05, 4.69) is 24.0 Å². The van der Waals surface area contributed by atoms with Crippen molar-refractivity contribution in [2.45, 2.75) is 44.8 Å². The average Bonchev–Trinajstić information content (AvgIpc) is 2.18. The van der Waals surface area contributed by atoms with Gasteiger partial charge in [-0.25, -0.2) is 0 Å². The summed E-state index contributed by atoms with van der Waals surface area (Å²) in [5.41, 5.74) is 0. The van der Waals surface area contributed by atoms with Crippen LogP contribution in [0.4, 0.5) is 0 Å². The van der Waals surface area contributed by atoms with E-state index in [1.807, 2.05) is 0 Å². The molecule has 2 nitrogen and oxygen atoms in total. The minimum Gasteiger partial charge on any atom is -0.392 e. The van der Waals surface area contributed by atoms with Gasteiger partial charge in [0.2, 0.25) is 0 Å². The Kier molecular flexibility index (Phi) is 3.24. The van der Waals surface area contributed by atoms with E-state index in [1.165, 1.54) is 19.3 Å². The fraction of sp³-hybridized carbons (Fsp3) is 0.833. The van der Waals surface area contributed by atoms with Crippen molar-refractivity contribution < 1.29 is 5.11 Å². The second-order valence-corrected chi connectivity index (χ2v) is 4.88. The molecule has 0 amide bonds. The van der Waals surface area contributed by atoms with E-state index < -0.39 is 0 Å². The van der Waals surface area contributed by atoms with Crippen molar-refractivity contribution in [3.05, 3.63) is 12.2 Å². The number of aliphatic hydroxyl groups is 1. The molecule has 80 valence electrons. The SMILES string of the molecule is CC1CC(O)CN(C2C=CCCC2)C1. The van der Waals surface area contributed by atoms with Crippen molar-refractivity contribution in [1.29, 1.82) is 0 Å². The van der Waals surface area contributed by atoms with Crippen LogP contribution in [0.5, 0.6) is 0 Å². The van der Waals surface area contributed by atoms with Crippen molar-refractivity contribution in [3.8, 4) is 0 Å². The first-order valence-corrected chi connectivity index (χ1v) is 5.84. The molecule has 1 N–H and O–H groups in total. The fourth-order valence-electron chi connectivity index (χ4n) is 2.73. The molecule has 2 heteroatoms. The first kappa shape index (κ1) is 10.2. The Morgan fingerprint density at radius 2 is 2.21 bits per heavy atom. The Labute approximate surface area is 86.6 Å². The minimum atomic E-state index is -0.103. The van der Waals surface area contributed by atoms with Gasteiger partial charge in [-0.05, 0) is 31.6 Å². The Morgan fingerprint density at radius 1 is 1.36 bits per heavy atom. The molecule has 1 heterocycles. The van der Waals surface area contributed by atoms with Gasteiger partial charge >= 0.3 is 0 Å². The average molecular weight is 195 g/mol. The van der Waals surface area contributed by atoms with Gasteiger partial charge in [-0.15, -0.1) is 0 Å². The maximum Gasteiger partial charge on any atom is 0.0670 e. The summed E-state index contributed by atoms with van der Waals surface area (Å²) in [6.07, 6.45) is 9.32. The number of allylic oxidation sites excluding steroid dienone is 1. The van der Waals surface area contributed by atoms with Crippen LogP contribution in [-0.2, 0) is 0 Å². The Hall–Kier alpha value is -0.340. The zero-order valence-corrected chi connectivity index (χ0v) is 9.02. The molecule has 3 atom stereocenters. The summed E-state index contributed by atoms with van der Waals surface area (Å²) >= 11 is 0. The number of likely N-dealkylation sites (tertiary alicyclic amines) is 1. The quantitative estimate of drug-likeness (QED) is 0.645. The molecule has 0 aromatic heterocycles. The van der Waals surface area contributed by atoms with Gasteiger partial charge in [-0.3, -0.25) is 4.90 Å². The Balaban J connectivity index is 1.95. The van der Waals surface area contributed by atoms with Crippen LogP contribution in [-0.4, -0.2) is 35.2 Å². The lowest BCUT2D eigenvalue weighted by molar-refractivity contribution is 0.0289. The molecule has 0 aromatic carbocycles. The van der Waals surface area contributed by atoms with Gasteiger partial charge < -0.3 is 5.11 Å². The molecular weight excluding hydrogens is 174 g/mol. The van der Waals surface area contributed by atoms with E-state index in [0.29, 0.717) is 12.0 Å². The maximum atomic E-state index is 9.71. The van der Waals surface area contributed by atoms with E-state index in [1.54, 1.807) is 0 Å². The lowest BCUT2D eigenvalue weighted by atomic mass is 9.93. The fourth-order valence-corrected chi connectivity index (χ4v) is 2.73. The molecule has 14 heavy (non-hydrogen) atoms. The van der Waals surface area contributed by atoms with E-state index in [4.69, 9.17) is 0 Å². The molecule has 0 aromatic rings. The lowest BCUT2D eigenvalue weighted by Crippen LogP contribution is -2.47. The Morgan fingerprint density at radius 3 is 2.86 bits per heavy atom. The number of nitrogens with zero attached hydrogens (tertiary/aromatic N) is 1. The van der Waals surface area contributed by atoms with Gasteiger partial charge in [0.1, 0.15) is 0 Å². The number of rotatable bonds is 1. The molecular formula is C12H21NO. The standard InChI is InChI=1S/C12H21NO/c1-10-7-12(14)9-13(8-10)11-5-3-2-4-6-11/h3,5,10-12,14H,2,4,6-9H2,1H3. The third-order valence-corrected chi connectivity index (χ3v) is 3.36. The third kappa shape index (κ3) is 2.37. The van der Waals surface area contributed by atoms with Gasteiger partial charge in [0.25, 0.3) is 0 Å². The topological polar surface area (TPSA) is 23.5 Å². The van der Waals surface area contributed by atoms with Gasteiger partial charge in [-0.1, -0.05) is 19.1 Å². The van der Waals surface area contributed by atoms with Gasteiger partial charge in [0, 0.05) is 19.1 Å². The maximum absolute atomic E-state index is 9.71. The minimum absolute atomic E-state index is 0.103. The highest BCUT2D eigenvalue weighted by Gasteiger charge is 2.27. The lowest BCUT2D eigenvalue weighted by Gasteiger charge is -2.39. The molecule has 1 saturated heterocycles. The largest absolute Gasteiger partial charge is 0.392 e. The van der Waals surface area contributed by atoms with Crippen LogP contribution in [0.2, 0.25) is 0 Å². The summed E-state index contributed by atoms with van der Waals surface area (Å²) in [4.78, 5) is 2.45. The molecule has 2 rings (SSSR count). The van der Waals surface area contributed by atoms with Crippen LogP contribution >= 0.6 is 0 Å². The third-order valence-electron chi connectivity index (χ3n) is 3.36. The second-order valence-electron chi connectivity index (χ2n) is 4.88. The van der Waals surface area contributed by atoms with Crippen LogP contribution < -0.4 is 0 Å². The molecule has 0 spiro atoms. The molecule has 0 bridgehead atoms. The van der Waals surface area contributed by atoms with E-state index in [-0.39, 0.29) is 6.10 Å². The van der Waals surface area contributed by atoms with Crippen LogP contribution in [0.25, 0.3) is 0 Å². The molecule has 0 saturated carbocycles. The Bertz CT molecular complexity index is 204. The number of hydrogen-bond donors (Lipinski definition) is 1. The molecule has 1 fully saturated rings. The van der Waals surface area contributed by atoms with E-state index >= 15 is 0 Å².